The van der Waals surface area contributed by atoms with Crippen LogP contribution in [0.4, 0.5) is 0 Å². The molecule has 2 rings (SSSR count). The molecule has 0 bridgehead atoms. The number of halogens is 1. The summed E-state index contributed by atoms with van der Waals surface area (Å²) in [6.07, 6.45) is 3.91. The minimum Gasteiger partial charge on any atom is -0.314 e. The second-order valence-corrected chi connectivity index (χ2v) is 6.14. The fourth-order valence-electron chi connectivity index (χ4n) is 2.40. The van der Waals surface area contributed by atoms with Crippen molar-refractivity contribution in [2.75, 3.05) is 13.6 Å². The Morgan fingerprint density at radius 3 is 2.63 bits per heavy atom. The molecule has 1 aliphatic carbocycles. The average molecular weight is 281 g/mol. The van der Waals surface area contributed by atoms with Gasteiger partial charge in [0.25, 0.3) is 0 Å². The molecule has 1 aromatic carbocycles. The Kier molecular flexibility index (Phi) is 5.26. The highest BCUT2D eigenvalue weighted by Crippen LogP contribution is 2.28. The molecule has 106 valence electrons. The van der Waals surface area contributed by atoms with Gasteiger partial charge in [-0.15, -0.1) is 0 Å². The third-order valence-electron chi connectivity index (χ3n) is 4.23. The summed E-state index contributed by atoms with van der Waals surface area (Å²) >= 11 is 6.28. The molecule has 1 aromatic rings. The molecule has 19 heavy (non-hydrogen) atoms. The van der Waals surface area contributed by atoms with Gasteiger partial charge in [-0.1, -0.05) is 29.8 Å². The molecule has 0 spiro atoms. The summed E-state index contributed by atoms with van der Waals surface area (Å²) in [6, 6.07) is 9.85. The van der Waals surface area contributed by atoms with Gasteiger partial charge in [0.05, 0.1) is 0 Å². The maximum atomic E-state index is 6.28. The molecule has 0 amide bonds. The van der Waals surface area contributed by atoms with Gasteiger partial charge in [-0.05, 0) is 58.3 Å². The maximum Gasteiger partial charge on any atom is 0.0453 e. The Hall–Kier alpha value is -0.570. The molecule has 1 aliphatic rings. The van der Waals surface area contributed by atoms with Crippen molar-refractivity contribution in [1.82, 2.24) is 10.2 Å². The van der Waals surface area contributed by atoms with E-state index in [0.29, 0.717) is 12.1 Å². The lowest BCUT2D eigenvalue weighted by Gasteiger charge is -2.31. The summed E-state index contributed by atoms with van der Waals surface area (Å²) in [4.78, 5) is 2.41. The zero-order valence-corrected chi connectivity index (χ0v) is 13.0. The lowest BCUT2D eigenvalue weighted by molar-refractivity contribution is 0.188. The molecule has 1 saturated carbocycles. The van der Waals surface area contributed by atoms with Crippen molar-refractivity contribution in [2.24, 2.45) is 0 Å². The first kappa shape index (κ1) is 14.8. The summed E-state index contributed by atoms with van der Waals surface area (Å²) in [6.45, 7) is 5.64. The van der Waals surface area contributed by atoms with Crippen molar-refractivity contribution in [3.05, 3.63) is 34.9 Å². The van der Waals surface area contributed by atoms with E-state index in [-0.39, 0.29) is 0 Å². The van der Waals surface area contributed by atoms with E-state index in [2.05, 4.69) is 43.2 Å². The Labute approximate surface area is 122 Å². The molecule has 0 saturated heterocycles. The predicted octanol–water partition coefficient (Wildman–Crippen LogP) is 3.86. The van der Waals surface area contributed by atoms with Gasteiger partial charge >= 0.3 is 0 Å². The summed E-state index contributed by atoms with van der Waals surface area (Å²) < 4.78 is 0. The SMILES string of the molecule is CC(CCNC1CC1)N(C)C(C)c1ccccc1Cl. The fraction of sp³-hybridized carbons (Fsp3) is 0.625. The first-order chi connectivity index (χ1) is 9.09. The minimum atomic E-state index is 0.352. The van der Waals surface area contributed by atoms with Crippen LogP contribution in [0.3, 0.4) is 0 Å². The average Bonchev–Trinajstić information content (AvgIpc) is 3.21. The van der Waals surface area contributed by atoms with Gasteiger partial charge in [0.2, 0.25) is 0 Å². The molecular weight excluding hydrogens is 256 g/mol. The fourth-order valence-corrected chi connectivity index (χ4v) is 2.70. The summed E-state index contributed by atoms with van der Waals surface area (Å²) in [5, 5.41) is 4.45. The largest absolute Gasteiger partial charge is 0.314 e. The van der Waals surface area contributed by atoms with E-state index in [1.54, 1.807) is 0 Å². The van der Waals surface area contributed by atoms with Crippen molar-refractivity contribution in [3.63, 3.8) is 0 Å². The summed E-state index contributed by atoms with van der Waals surface area (Å²) in [7, 11) is 2.19. The third-order valence-corrected chi connectivity index (χ3v) is 4.58. The first-order valence-electron chi connectivity index (χ1n) is 7.29. The van der Waals surface area contributed by atoms with Crippen LogP contribution in [0.2, 0.25) is 5.02 Å². The smallest absolute Gasteiger partial charge is 0.0453 e. The van der Waals surface area contributed by atoms with Crippen LogP contribution >= 0.6 is 11.6 Å². The second kappa shape index (κ2) is 6.74. The van der Waals surface area contributed by atoms with Crippen LogP contribution in [0.15, 0.2) is 24.3 Å². The molecule has 0 radical (unpaired) electrons. The van der Waals surface area contributed by atoms with Gasteiger partial charge in [-0.25, -0.2) is 0 Å². The number of nitrogens with zero attached hydrogens (tertiary/aromatic N) is 1. The Bertz CT molecular complexity index is 403. The number of rotatable bonds is 7. The topological polar surface area (TPSA) is 15.3 Å². The van der Waals surface area contributed by atoms with Gasteiger partial charge in [0.1, 0.15) is 0 Å². The van der Waals surface area contributed by atoms with Crippen LogP contribution in [-0.2, 0) is 0 Å². The van der Waals surface area contributed by atoms with E-state index in [0.717, 1.165) is 17.6 Å². The normalized spacial score (nSPS) is 18.6. The van der Waals surface area contributed by atoms with Crippen molar-refractivity contribution < 1.29 is 0 Å². The van der Waals surface area contributed by atoms with Crippen LogP contribution in [0.5, 0.6) is 0 Å². The highest BCUT2D eigenvalue weighted by molar-refractivity contribution is 6.31. The molecule has 3 heteroatoms. The van der Waals surface area contributed by atoms with Crippen LogP contribution in [0.1, 0.15) is 44.7 Å². The van der Waals surface area contributed by atoms with E-state index in [1.807, 2.05) is 12.1 Å². The van der Waals surface area contributed by atoms with Crippen molar-refractivity contribution >= 4 is 11.6 Å². The Morgan fingerprint density at radius 1 is 1.32 bits per heavy atom. The molecule has 2 nitrogen and oxygen atoms in total. The van der Waals surface area contributed by atoms with Gasteiger partial charge in [-0.2, -0.15) is 0 Å². The zero-order valence-electron chi connectivity index (χ0n) is 12.2. The van der Waals surface area contributed by atoms with Crippen LogP contribution in [-0.4, -0.2) is 30.6 Å². The monoisotopic (exact) mass is 280 g/mol. The lowest BCUT2D eigenvalue weighted by Crippen LogP contribution is -2.34. The van der Waals surface area contributed by atoms with Gasteiger partial charge < -0.3 is 5.32 Å². The van der Waals surface area contributed by atoms with Crippen molar-refractivity contribution in [3.8, 4) is 0 Å². The lowest BCUT2D eigenvalue weighted by atomic mass is 10.0. The van der Waals surface area contributed by atoms with Gasteiger partial charge in [0.15, 0.2) is 0 Å². The molecule has 0 aromatic heterocycles. The quantitative estimate of drug-likeness (QED) is 0.816. The van der Waals surface area contributed by atoms with E-state index in [1.165, 1.54) is 24.8 Å². The van der Waals surface area contributed by atoms with Crippen LogP contribution < -0.4 is 5.32 Å². The maximum absolute atomic E-state index is 6.28. The third kappa shape index (κ3) is 4.20. The summed E-state index contributed by atoms with van der Waals surface area (Å²) in [5.74, 6) is 0. The predicted molar refractivity (Wildman–Crippen MR) is 82.7 cm³/mol. The molecule has 0 heterocycles. The standard InChI is InChI=1S/C16H25ClN2/c1-12(10-11-18-14-8-9-14)19(3)13(2)15-6-4-5-7-16(15)17/h4-7,12-14,18H,8-11H2,1-3H3. The number of hydrogen-bond donors (Lipinski definition) is 1. The number of hydrogen-bond acceptors (Lipinski definition) is 2. The minimum absolute atomic E-state index is 0.352. The van der Waals surface area contributed by atoms with Crippen molar-refractivity contribution in [1.29, 1.82) is 0 Å². The van der Waals surface area contributed by atoms with E-state index in [4.69, 9.17) is 11.6 Å². The van der Waals surface area contributed by atoms with Crippen LogP contribution in [0, 0.1) is 0 Å². The molecule has 0 aliphatic heterocycles. The highest BCUT2D eigenvalue weighted by atomic mass is 35.5. The molecular formula is C16H25ClN2. The van der Waals surface area contributed by atoms with Gasteiger partial charge in [-0.3, -0.25) is 4.90 Å². The van der Waals surface area contributed by atoms with E-state index >= 15 is 0 Å². The zero-order chi connectivity index (χ0) is 13.8. The summed E-state index contributed by atoms with van der Waals surface area (Å²) in [5.41, 5.74) is 1.22. The molecule has 1 fully saturated rings. The van der Waals surface area contributed by atoms with E-state index < -0.39 is 0 Å². The first-order valence-corrected chi connectivity index (χ1v) is 7.67. The van der Waals surface area contributed by atoms with E-state index in [9.17, 15) is 0 Å². The van der Waals surface area contributed by atoms with Crippen LogP contribution in [0.25, 0.3) is 0 Å². The van der Waals surface area contributed by atoms with Gasteiger partial charge in [0, 0.05) is 23.1 Å². The molecule has 1 N–H and O–H groups in total. The highest BCUT2D eigenvalue weighted by Gasteiger charge is 2.22. The molecule has 2 unspecified atom stereocenters. The number of benzene rings is 1. The Balaban J connectivity index is 1.86. The molecule has 2 atom stereocenters. The Morgan fingerprint density at radius 2 is 2.00 bits per heavy atom. The van der Waals surface area contributed by atoms with Crippen molar-refractivity contribution in [2.45, 2.75) is 51.2 Å². The number of nitrogens with one attached hydrogen (secondary N) is 1. The second-order valence-electron chi connectivity index (χ2n) is 5.73.